The van der Waals surface area contributed by atoms with Gasteiger partial charge >= 0.3 is 0 Å². The first-order valence-electron chi connectivity index (χ1n) is 6.27. The lowest BCUT2D eigenvalue weighted by Crippen LogP contribution is -2.25. The molecule has 0 bridgehead atoms. The Kier molecular flexibility index (Phi) is 3.16. The predicted molar refractivity (Wildman–Crippen MR) is 68.2 cm³/mol. The van der Waals surface area contributed by atoms with Gasteiger partial charge in [-0.25, -0.2) is 9.97 Å². The van der Waals surface area contributed by atoms with Gasteiger partial charge in [-0.15, -0.1) is 0 Å². The maximum Gasteiger partial charge on any atom is 0.222 e. The van der Waals surface area contributed by atoms with Crippen molar-refractivity contribution >= 4 is 17.5 Å². The molecule has 92 valence electrons. The summed E-state index contributed by atoms with van der Waals surface area (Å²) in [6, 6.07) is 0.895. The largest absolute Gasteiger partial charge is 0.354 e. The number of hydrogen-bond donors (Lipinski definition) is 1. The average molecular weight is 253 g/mol. The molecule has 5 heteroatoms. The van der Waals surface area contributed by atoms with Crippen molar-refractivity contribution in [3.63, 3.8) is 0 Å². The molecule has 0 spiro atoms. The Morgan fingerprint density at radius 1 is 1.29 bits per heavy atom. The lowest BCUT2D eigenvalue weighted by molar-refractivity contribution is 0.316. The summed E-state index contributed by atoms with van der Waals surface area (Å²) in [4.78, 5) is 10.9. The van der Waals surface area contributed by atoms with E-state index in [1.54, 1.807) is 12.4 Å². The zero-order chi connectivity index (χ0) is 11.7. The Bertz CT molecular complexity index is 377. The summed E-state index contributed by atoms with van der Waals surface area (Å²) >= 11 is 5.74. The molecule has 1 saturated carbocycles. The van der Waals surface area contributed by atoms with Crippen LogP contribution in [0.2, 0.25) is 5.02 Å². The fourth-order valence-electron chi connectivity index (χ4n) is 2.44. The first-order chi connectivity index (χ1) is 8.31. The van der Waals surface area contributed by atoms with Gasteiger partial charge in [-0.3, -0.25) is 0 Å². The van der Waals surface area contributed by atoms with Crippen LogP contribution in [0, 0.1) is 5.92 Å². The van der Waals surface area contributed by atoms with Crippen LogP contribution >= 0.6 is 11.6 Å². The van der Waals surface area contributed by atoms with Crippen LogP contribution in [0.3, 0.4) is 0 Å². The highest BCUT2D eigenvalue weighted by atomic mass is 35.5. The van der Waals surface area contributed by atoms with Gasteiger partial charge in [-0.2, -0.15) is 0 Å². The quantitative estimate of drug-likeness (QED) is 0.890. The van der Waals surface area contributed by atoms with Gasteiger partial charge < -0.3 is 10.2 Å². The van der Waals surface area contributed by atoms with E-state index in [1.165, 1.54) is 32.4 Å². The molecule has 0 aromatic carbocycles. The third-order valence-electron chi connectivity index (χ3n) is 3.55. The number of nitrogens with one attached hydrogen (secondary N) is 1. The molecule has 1 N–H and O–H groups in total. The third-order valence-corrected chi connectivity index (χ3v) is 3.74. The third kappa shape index (κ3) is 2.87. The van der Waals surface area contributed by atoms with Crippen LogP contribution in [0.15, 0.2) is 12.4 Å². The molecule has 0 radical (unpaired) electrons. The second-order valence-corrected chi connectivity index (χ2v) is 5.42. The summed E-state index contributed by atoms with van der Waals surface area (Å²) < 4.78 is 0. The van der Waals surface area contributed by atoms with E-state index in [-0.39, 0.29) is 0 Å². The Hall–Kier alpha value is -0.870. The molecule has 1 saturated heterocycles. The summed E-state index contributed by atoms with van der Waals surface area (Å²) in [5.74, 6) is 1.41. The molecule has 1 aliphatic heterocycles. The van der Waals surface area contributed by atoms with E-state index in [2.05, 4.69) is 20.2 Å². The SMILES string of the molecule is Clc1cnc(NCC2CCN(C3CC3)C2)nc1. The number of rotatable bonds is 4. The monoisotopic (exact) mass is 252 g/mol. The first-order valence-corrected chi connectivity index (χ1v) is 6.64. The number of hydrogen-bond acceptors (Lipinski definition) is 4. The highest BCUT2D eigenvalue weighted by Crippen LogP contribution is 2.31. The molecule has 1 aliphatic carbocycles. The fraction of sp³-hybridized carbons (Fsp3) is 0.667. The van der Waals surface area contributed by atoms with Crippen molar-refractivity contribution in [1.29, 1.82) is 0 Å². The fourth-order valence-corrected chi connectivity index (χ4v) is 2.54. The van der Waals surface area contributed by atoms with Crippen molar-refractivity contribution in [2.75, 3.05) is 25.0 Å². The maximum absolute atomic E-state index is 5.74. The minimum atomic E-state index is 0.580. The van der Waals surface area contributed by atoms with Gasteiger partial charge in [0.1, 0.15) is 0 Å². The molecule has 1 atom stereocenters. The van der Waals surface area contributed by atoms with Crippen LogP contribution in [-0.2, 0) is 0 Å². The Balaban J connectivity index is 1.46. The van der Waals surface area contributed by atoms with E-state index < -0.39 is 0 Å². The minimum absolute atomic E-state index is 0.580. The van der Waals surface area contributed by atoms with Gasteiger partial charge in [-0.1, -0.05) is 11.6 Å². The molecule has 1 aromatic rings. The van der Waals surface area contributed by atoms with E-state index in [0.717, 1.165) is 18.5 Å². The molecule has 2 heterocycles. The maximum atomic E-state index is 5.74. The first kappa shape index (κ1) is 11.2. The van der Waals surface area contributed by atoms with E-state index >= 15 is 0 Å². The standard InChI is InChI=1S/C12H17ClN4/c13-10-6-15-12(16-7-10)14-5-9-3-4-17(8-9)11-1-2-11/h6-7,9,11H,1-5,8H2,(H,14,15,16). The van der Waals surface area contributed by atoms with Crippen molar-refractivity contribution in [3.05, 3.63) is 17.4 Å². The van der Waals surface area contributed by atoms with Crippen molar-refractivity contribution < 1.29 is 0 Å². The number of aromatic nitrogens is 2. The van der Waals surface area contributed by atoms with Crippen LogP contribution in [0.1, 0.15) is 19.3 Å². The molecule has 0 amide bonds. The highest BCUT2D eigenvalue weighted by molar-refractivity contribution is 6.30. The topological polar surface area (TPSA) is 41.1 Å². The summed E-state index contributed by atoms with van der Waals surface area (Å²) in [6.07, 6.45) is 7.35. The van der Waals surface area contributed by atoms with E-state index in [1.807, 2.05) is 0 Å². The molecule has 2 fully saturated rings. The van der Waals surface area contributed by atoms with Crippen molar-refractivity contribution in [3.8, 4) is 0 Å². The minimum Gasteiger partial charge on any atom is -0.354 e. The molecule has 2 aliphatic rings. The van der Waals surface area contributed by atoms with Crippen molar-refractivity contribution in [2.45, 2.75) is 25.3 Å². The van der Waals surface area contributed by atoms with Crippen LogP contribution in [0.4, 0.5) is 5.95 Å². The second-order valence-electron chi connectivity index (χ2n) is 4.99. The smallest absolute Gasteiger partial charge is 0.222 e. The van der Waals surface area contributed by atoms with Gasteiger partial charge in [0.15, 0.2) is 0 Å². The second kappa shape index (κ2) is 4.78. The summed E-state index contributed by atoms with van der Waals surface area (Å²) in [7, 11) is 0. The lowest BCUT2D eigenvalue weighted by Gasteiger charge is -2.15. The van der Waals surface area contributed by atoms with Crippen LogP contribution in [0.5, 0.6) is 0 Å². The summed E-state index contributed by atoms with van der Waals surface area (Å²) in [5, 5.41) is 3.87. The zero-order valence-corrected chi connectivity index (χ0v) is 10.5. The van der Waals surface area contributed by atoms with E-state index in [9.17, 15) is 0 Å². The van der Waals surface area contributed by atoms with Gasteiger partial charge in [0.05, 0.1) is 17.4 Å². The van der Waals surface area contributed by atoms with E-state index in [4.69, 9.17) is 11.6 Å². The Labute approximate surface area is 106 Å². The van der Waals surface area contributed by atoms with Gasteiger partial charge in [0.2, 0.25) is 5.95 Å². The molecule has 3 rings (SSSR count). The molecular formula is C12H17ClN4. The van der Waals surface area contributed by atoms with Crippen LogP contribution < -0.4 is 5.32 Å². The van der Waals surface area contributed by atoms with Crippen LogP contribution in [-0.4, -0.2) is 40.5 Å². The Morgan fingerprint density at radius 3 is 2.76 bits per heavy atom. The molecular weight excluding hydrogens is 236 g/mol. The normalized spacial score (nSPS) is 25.1. The van der Waals surface area contributed by atoms with Crippen molar-refractivity contribution in [1.82, 2.24) is 14.9 Å². The summed E-state index contributed by atoms with van der Waals surface area (Å²) in [6.45, 7) is 3.45. The van der Waals surface area contributed by atoms with Crippen molar-refractivity contribution in [2.24, 2.45) is 5.92 Å². The number of halogens is 1. The summed E-state index contributed by atoms with van der Waals surface area (Å²) in [5.41, 5.74) is 0. The molecule has 1 aromatic heterocycles. The van der Waals surface area contributed by atoms with Gasteiger partial charge in [0, 0.05) is 19.1 Å². The zero-order valence-electron chi connectivity index (χ0n) is 9.77. The Morgan fingerprint density at radius 2 is 2.06 bits per heavy atom. The predicted octanol–water partition coefficient (Wildman–Crippen LogP) is 2.03. The van der Waals surface area contributed by atoms with Gasteiger partial charge in [-0.05, 0) is 31.7 Å². The van der Waals surface area contributed by atoms with Crippen LogP contribution in [0.25, 0.3) is 0 Å². The lowest BCUT2D eigenvalue weighted by atomic mass is 10.1. The molecule has 1 unspecified atom stereocenters. The number of nitrogens with zero attached hydrogens (tertiary/aromatic N) is 3. The average Bonchev–Trinajstić information content (AvgIpc) is 3.09. The number of likely N-dealkylation sites (tertiary alicyclic amines) is 1. The number of anilines is 1. The highest BCUT2D eigenvalue weighted by Gasteiger charge is 2.34. The van der Waals surface area contributed by atoms with E-state index in [0.29, 0.717) is 11.0 Å². The van der Waals surface area contributed by atoms with Gasteiger partial charge in [0.25, 0.3) is 0 Å². The molecule has 17 heavy (non-hydrogen) atoms. The molecule has 4 nitrogen and oxygen atoms in total.